The lowest BCUT2D eigenvalue weighted by Gasteiger charge is -2.16. The number of benzene rings is 2. The number of carbonyl (C=O) groups is 1. The van der Waals surface area contributed by atoms with Crippen molar-refractivity contribution in [1.29, 1.82) is 0 Å². The highest BCUT2D eigenvalue weighted by molar-refractivity contribution is 8.00. The third kappa shape index (κ3) is 3.76. The molecule has 5 nitrogen and oxygen atoms in total. The van der Waals surface area contributed by atoms with Gasteiger partial charge in [0.05, 0.1) is 0 Å². The van der Waals surface area contributed by atoms with E-state index in [9.17, 15) is 9.59 Å². The Morgan fingerprint density at radius 1 is 1.07 bits per heavy atom. The van der Waals surface area contributed by atoms with Gasteiger partial charge >= 0.3 is 5.69 Å². The highest BCUT2D eigenvalue weighted by atomic mass is 32.2. The van der Waals surface area contributed by atoms with Gasteiger partial charge in [0, 0.05) is 11.6 Å². The normalized spacial score (nSPS) is 14.9. The molecule has 27 heavy (non-hydrogen) atoms. The van der Waals surface area contributed by atoms with Crippen molar-refractivity contribution in [2.24, 2.45) is 0 Å². The smallest absolute Gasteiger partial charge is 0.293 e. The number of hydrogen-bond acceptors (Lipinski definition) is 4. The molecule has 1 heterocycles. The first-order valence-electron chi connectivity index (χ1n) is 9.04. The van der Waals surface area contributed by atoms with Crippen LogP contribution in [0.25, 0.3) is 0 Å². The average Bonchev–Trinajstić information content (AvgIpc) is 3.43. The molecule has 2 aromatic carbocycles. The Hall–Kier alpha value is -2.60. The maximum Gasteiger partial charge on any atom is 0.344 e. The van der Waals surface area contributed by atoms with Gasteiger partial charge in [-0.05, 0) is 32.3 Å². The molecule has 6 heteroatoms. The van der Waals surface area contributed by atoms with Crippen molar-refractivity contribution in [3.05, 3.63) is 81.3 Å². The highest BCUT2D eigenvalue weighted by Crippen LogP contribution is 2.41. The highest BCUT2D eigenvalue weighted by Gasteiger charge is 2.32. The fourth-order valence-corrected chi connectivity index (χ4v) is 4.21. The fraction of sp³-hybridized carbons (Fsp3) is 0.286. The van der Waals surface area contributed by atoms with Crippen molar-refractivity contribution in [1.82, 2.24) is 14.8 Å². The molecule has 0 amide bonds. The van der Waals surface area contributed by atoms with Crippen molar-refractivity contribution in [2.75, 3.05) is 0 Å². The van der Waals surface area contributed by atoms with E-state index in [4.69, 9.17) is 0 Å². The minimum absolute atomic E-state index is 0.0154. The second-order valence-electron chi connectivity index (χ2n) is 7.05. The van der Waals surface area contributed by atoms with E-state index in [1.165, 1.54) is 11.8 Å². The summed E-state index contributed by atoms with van der Waals surface area (Å²) >= 11 is 1.34. The third-order valence-electron chi connectivity index (χ3n) is 4.76. The van der Waals surface area contributed by atoms with Gasteiger partial charge in [-0.2, -0.15) is 0 Å². The number of aromatic amines is 1. The van der Waals surface area contributed by atoms with Crippen molar-refractivity contribution < 1.29 is 4.79 Å². The first kappa shape index (κ1) is 17.8. The van der Waals surface area contributed by atoms with Gasteiger partial charge in [0.1, 0.15) is 5.25 Å². The zero-order valence-electron chi connectivity index (χ0n) is 15.3. The molecule has 4 rings (SSSR count). The van der Waals surface area contributed by atoms with Crippen LogP contribution >= 0.6 is 11.8 Å². The van der Waals surface area contributed by atoms with E-state index in [1.54, 1.807) is 4.57 Å². The third-order valence-corrected chi connectivity index (χ3v) is 5.98. The number of thioether (sulfide) groups is 1. The maximum atomic E-state index is 13.3. The Kier molecular flexibility index (Phi) is 4.74. The number of aryl methyl sites for hydroxylation is 2. The molecule has 3 aromatic rings. The Morgan fingerprint density at radius 2 is 1.67 bits per heavy atom. The Labute approximate surface area is 161 Å². The average molecular weight is 379 g/mol. The van der Waals surface area contributed by atoms with Crippen LogP contribution in [0.4, 0.5) is 0 Å². The van der Waals surface area contributed by atoms with E-state index in [2.05, 4.69) is 10.2 Å². The molecule has 1 saturated carbocycles. The van der Waals surface area contributed by atoms with Crippen LogP contribution in [0.5, 0.6) is 0 Å². The zero-order chi connectivity index (χ0) is 19.0. The number of H-pyrrole nitrogens is 1. The first-order valence-corrected chi connectivity index (χ1v) is 9.92. The van der Waals surface area contributed by atoms with E-state index < -0.39 is 5.25 Å². The van der Waals surface area contributed by atoms with Crippen LogP contribution in [-0.4, -0.2) is 20.5 Å². The molecule has 1 atom stereocenters. The summed E-state index contributed by atoms with van der Waals surface area (Å²) in [5.74, 6) is 0.0154. The Balaban J connectivity index is 1.72. The van der Waals surface area contributed by atoms with Gasteiger partial charge in [-0.15, -0.1) is 5.10 Å². The van der Waals surface area contributed by atoms with Gasteiger partial charge < -0.3 is 0 Å². The molecular weight excluding hydrogens is 358 g/mol. The molecule has 1 aliphatic rings. The fourth-order valence-electron chi connectivity index (χ4n) is 3.02. The molecule has 0 unspecified atom stereocenters. The monoisotopic (exact) mass is 379 g/mol. The van der Waals surface area contributed by atoms with Crippen LogP contribution in [0.15, 0.2) is 58.5 Å². The van der Waals surface area contributed by atoms with Crippen molar-refractivity contribution in [2.45, 2.75) is 43.1 Å². The Morgan fingerprint density at radius 3 is 2.26 bits per heavy atom. The van der Waals surface area contributed by atoms with E-state index in [-0.39, 0.29) is 17.5 Å². The molecule has 138 valence electrons. The number of nitrogens with one attached hydrogen (secondary N) is 1. The summed E-state index contributed by atoms with van der Waals surface area (Å²) in [5.41, 5.74) is 3.62. The second-order valence-corrected chi connectivity index (χ2v) is 8.12. The quantitative estimate of drug-likeness (QED) is 0.514. The summed E-state index contributed by atoms with van der Waals surface area (Å²) in [7, 11) is 0. The largest absolute Gasteiger partial charge is 0.344 e. The second kappa shape index (κ2) is 7.19. The van der Waals surface area contributed by atoms with Crippen molar-refractivity contribution in [3.8, 4) is 0 Å². The topological polar surface area (TPSA) is 67.8 Å². The van der Waals surface area contributed by atoms with Gasteiger partial charge in [0.15, 0.2) is 10.9 Å². The predicted octanol–water partition coefficient (Wildman–Crippen LogP) is 4.24. The SMILES string of the molecule is Cc1ccc(C(=O)[C@H](Sc2n[nH]c(=O)n2C2CC2)c2ccc(C)cc2)cc1. The summed E-state index contributed by atoms with van der Waals surface area (Å²) in [6.07, 6.45) is 1.96. The predicted molar refractivity (Wildman–Crippen MR) is 106 cm³/mol. The molecule has 1 aliphatic carbocycles. The lowest BCUT2D eigenvalue weighted by Crippen LogP contribution is -2.17. The number of Topliss-reactive ketones (excluding diaryl/α,β-unsaturated/α-hetero) is 1. The molecule has 1 fully saturated rings. The summed E-state index contributed by atoms with van der Waals surface area (Å²) < 4.78 is 1.69. The van der Waals surface area contributed by atoms with Crippen LogP contribution in [-0.2, 0) is 0 Å². The molecule has 1 aromatic heterocycles. The van der Waals surface area contributed by atoms with Crippen molar-refractivity contribution in [3.63, 3.8) is 0 Å². The van der Waals surface area contributed by atoms with Crippen molar-refractivity contribution >= 4 is 17.5 Å². The molecule has 0 saturated heterocycles. The zero-order valence-corrected chi connectivity index (χ0v) is 16.1. The standard InChI is InChI=1S/C21H21N3O2S/c1-13-3-7-15(8-4-13)18(25)19(16-9-5-14(2)6-10-16)27-21-23-22-20(26)24(21)17-11-12-17/h3-10,17,19H,11-12H2,1-2H3,(H,22,26)/t19-/m1/s1. The van der Waals surface area contributed by atoms with E-state index in [0.29, 0.717) is 10.7 Å². The van der Waals surface area contributed by atoms with Gasteiger partial charge in [0.25, 0.3) is 0 Å². The number of hydrogen-bond donors (Lipinski definition) is 1. The van der Waals surface area contributed by atoms with Crippen LogP contribution in [0.3, 0.4) is 0 Å². The Bertz CT molecular complexity index is 1010. The summed E-state index contributed by atoms with van der Waals surface area (Å²) in [6, 6.07) is 15.8. The van der Waals surface area contributed by atoms with Crippen LogP contribution in [0, 0.1) is 13.8 Å². The van der Waals surface area contributed by atoms with Gasteiger partial charge in [0.2, 0.25) is 0 Å². The van der Waals surface area contributed by atoms with Gasteiger partial charge in [-0.3, -0.25) is 9.36 Å². The summed E-state index contributed by atoms with van der Waals surface area (Å²) in [4.78, 5) is 25.4. The number of nitrogens with zero attached hydrogens (tertiary/aromatic N) is 2. The van der Waals surface area contributed by atoms with Crippen LogP contribution in [0.2, 0.25) is 0 Å². The number of rotatable bonds is 6. The molecule has 0 spiro atoms. The number of carbonyl (C=O) groups excluding carboxylic acids is 1. The van der Waals surface area contributed by atoms with E-state index in [1.807, 2.05) is 62.4 Å². The molecular formula is C21H21N3O2S. The minimum atomic E-state index is -0.457. The number of aromatic nitrogens is 3. The number of ketones is 1. The first-order chi connectivity index (χ1) is 13.0. The van der Waals surface area contributed by atoms with Gasteiger partial charge in [-0.25, -0.2) is 9.89 Å². The summed E-state index contributed by atoms with van der Waals surface area (Å²) in [5, 5.41) is 6.84. The van der Waals surface area contributed by atoms with Crippen LogP contribution < -0.4 is 5.69 Å². The summed E-state index contributed by atoms with van der Waals surface area (Å²) in [6.45, 7) is 4.02. The maximum absolute atomic E-state index is 13.3. The molecule has 1 N–H and O–H groups in total. The molecule has 0 aliphatic heterocycles. The lowest BCUT2D eigenvalue weighted by molar-refractivity contribution is 0.0989. The van der Waals surface area contributed by atoms with Gasteiger partial charge in [-0.1, -0.05) is 71.4 Å². The molecule has 0 radical (unpaired) electrons. The minimum Gasteiger partial charge on any atom is -0.293 e. The molecule has 0 bridgehead atoms. The van der Waals surface area contributed by atoms with E-state index in [0.717, 1.165) is 29.5 Å². The van der Waals surface area contributed by atoms with E-state index >= 15 is 0 Å². The lowest BCUT2D eigenvalue weighted by atomic mass is 10.0. The van der Waals surface area contributed by atoms with Crippen LogP contribution in [0.1, 0.15) is 51.2 Å².